The predicted molar refractivity (Wildman–Crippen MR) is 97.0 cm³/mol. The van der Waals surface area contributed by atoms with Crippen LogP contribution in [0.4, 0.5) is 0 Å². The van der Waals surface area contributed by atoms with E-state index in [2.05, 4.69) is 11.4 Å². The number of carbonyl (C=O) groups excluding carboxylic acids is 2. The number of carbonyl (C=O) groups is 2. The lowest BCUT2D eigenvalue weighted by molar-refractivity contribution is -0.136. The first-order valence-corrected chi connectivity index (χ1v) is 8.68. The lowest BCUT2D eigenvalue weighted by Crippen LogP contribution is -2.43. The van der Waals surface area contributed by atoms with E-state index < -0.39 is 17.8 Å². The smallest absolute Gasteiger partial charge is 0.336 e. The molecule has 0 aromatic heterocycles. The van der Waals surface area contributed by atoms with Crippen molar-refractivity contribution in [2.24, 2.45) is 11.3 Å². The topological polar surface area (TPSA) is 55.4 Å². The number of benzene rings is 1. The van der Waals surface area contributed by atoms with Crippen LogP contribution in [-0.2, 0) is 14.3 Å². The van der Waals surface area contributed by atoms with Crippen molar-refractivity contribution in [3.8, 4) is 0 Å². The van der Waals surface area contributed by atoms with Gasteiger partial charge in [-0.3, -0.25) is 4.79 Å². The van der Waals surface area contributed by atoms with Gasteiger partial charge < -0.3 is 10.1 Å². The summed E-state index contributed by atoms with van der Waals surface area (Å²) in [6.07, 6.45) is 2.54. The highest BCUT2D eigenvalue weighted by Gasteiger charge is 2.46. The van der Waals surface area contributed by atoms with Gasteiger partial charge in [-0.15, -0.1) is 0 Å². The van der Waals surface area contributed by atoms with E-state index >= 15 is 0 Å². The molecule has 2 atom stereocenters. The maximum Gasteiger partial charge on any atom is 0.336 e. The van der Waals surface area contributed by atoms with E-state index in [1.807, 2.05) is 39.0 Å². The van der Waals surface area contributed by atoms with Crippen molar-refractivity contribution >= 4 is 23.4 Å². The van der Waals surface area contributed by atoms with Gasteiger partial charge in [0, 0.05) is 28.8 Å². The summed E-state index contributed by atoms with van der Waals surface area (Å²) in [6.45, 7) is 5.92. The zero-order valence-corrected chi connectivity index (χ0v) is 15.6. The molecule has 2 aliphatic rings. The molecule has 1 N–H and O–H groups in total. The summed E-state index contributed by atoms with van der Waals surface area (Å²) in [5.74, 6) is -1.13. The van der Waals surface area contributed by atoms with Gasteiger partial charge in [0.05, 0.1) is 18.6 Å². The van der Waals surface area contributed by atoms with E-state index in [1.165, 1.54) is 7.11 Å². The Morgan fingerprint density at radius 3 is 2.68 bits per heavy atom. The average molecular weight is 360 g/mol. The molecule has 132 valence electrons. The molecule has 0 amide bonds. The van der Waals surface area contributed by atoms with Gasteiger partial charge in [-0.05, 0) is 30.0 Å². The first-order valence-electron chi connectivity index (χ1n) is 8.30. The van der Waals surface area contributed by atoms with Crippen molar-refractivity contribution in [2.45, 2.75) is 33.1 Å². The molecule has 1 aliphatic carbocycles. The normalized spacial score (nSPS) is 25.0. The van der Waals surface area contributed by atoms with Gasteiger partial charge in [-0.1, -0.05) is 43.7 Å². The van der Waals surface area contributed by atoms with Gasteiger partial charge in [-0.25, -0.2) is 4.79 Å². The van der Waals surface area contributed by atoms with Crippen LogP contribution in [0.25, 0.3) is 0 Å². The second-order valence-corrected chi connectivity index (χ2v) is 7.83. The van der Waals surface area contributed by atoms with E-state index in [0.29, 0.717) is 22.7 Å². The molecule has 2 unspecified atom stereocenters. The fraction of sp³-hybridized carbons (Fsp3) is 0.400. The minimum Gasteiger partial charge on any atom is -0.466 e. The number of halogens is 1. The monoisotopic (exact) mass is 359 g/mol. The maximum absolute atomic E-state index is 13.0. The third-order valence-corrected chi connectivity index (χ3v) is 5.09. The average Bonchev–Trinajstić information content (AvgIpc) is 2.51. The molecule has 5 heteroatoms. The van der Waals surface area contributed by atoms with Gasteiger partial charge in [0.15, 0.2) is 0 Å². The largest absolute Gasteiger partial charge is 0.466 e. The van der Waals surface area contributed by atoms with Gasteiger partial charge in [-0.2, -0.15) is 0 Å². The first-order chi connectivity index (χ1) is 11.7. The fourth-order valence-corrected chi connectivity index (χ4v) is 4.11. The third kappa shape index (κ3) is 3.23. The van der Waals surface area contributed by atoms with E-state index in [1.54, 1.807) is 6.07 Å². The van der Waals surface area contributed by atoms with Crippen molar-refractivity contribution in [3.63, 3.8) is 0 Å². The van der Waals surface area contributed by atoms with Crippen LogP contribution in [0.2, 0.25) is 5.02 Å². The summed E-state index contributed by atoms with van der Waals surface area (Å²) in [4.78, 5) is 25.5. The Kier molecular flexibility index (Phi) is 4.50. The van der Waals surface area contributed by atoms with Crippen LogP contribution in [0.1, 0.15) is 38.7 Å². The Bertz CT molecular complexity index is 807. The summed E-state index contributed by atoms with van der Waals surface area (Å²) in [5.41, 5.74) is 2.69. The minimum absolute atomic E-state index is 0.119. The first kappa shape index (κ1) is 17.7. The van der Waals surface area contributed by atoms with Crippen molar-refractivity contribution in [1.82, 2.24) is 5.32 Å². The predicted octanol–water partition coefficient (Wildman–Crippen LogP) is 3.97. The molecule has 0 fully saturated rings. The molecule has 0 spiro atoms. The molecular formula is C20H22ClNO3. The molecule has 0 radical (unpaired) electrons. The number of Topliss-reactive ketones (excluding diaryl/α,β-unsaturated/α-hetero) is 1. The number of nitrogens with one attached hydrogen (secondary N) is 1. The van der Waals surface area contributed by atoms with E-state index in [4.69, 9.17) is 16.3 Å². The molecule has 1 aliphatic heterocycles. The number of allylic oxidation sites excluding steroid dienone is 3. The molecule has 4 nitrogen and oxygen atoms in total. The summed E-state index contributed by atoms with van der Waals surface area (Å²) < 4.78 is 5.00. The third-order valence-electron chi connectivity index (χ3n) is 4.85. The second kappa shape index (κ2) is 6.34. The standard InChI is InChI=1S/C20H22ClNO3/c1-11-16(19(24)25-4)17(12-6-5-7-13(21)8-12)18-14(22-11)9-20(2,3)10-15(18)23/h5-9,17-18,22H,10H2,1-4H3. The SMILES string of the molecule is COC(=O)C1=C(C)NC2=CC(C)(C)CC(=O)C2C1c1cccc(Cl)c1. The van der Waals surface area contributed by atoms with Crippen LogP contribution < -0.4 is 5.32 Å². The van der Waals surface area contributed by atoms with Crippen LogP contribution in [0.5, 0.6) is 0 Å². The molecule has 0 bridgehead atoms. The van der Waals surface area contributed by atoms with Crippen LogP contribution in [0.15, 0.2) is 47.3 Å². The number of hydrogen-bond donors (Lipinski definition) is 1. The highest BCUT2D eigenvalue weighted by molar-refractivity contribution is 6.30. The number of hydrogen-bond acceptors (Lipinski definition) is 4. The van der Waals surface area contributed by atoms with Crippen molar-refractivity contribution in [3.05, 3.63) is 57.9 Å². The van der Waals surface area contributed by atoms with Crippen LogP contribution in [0, 0.1) is 11.3 Å². The van der Waals surface area contributed by atoms with E-state index in [9.17, 15) is 9.59 Å². The van der Waals surface area contributed by atoms with Crippen molar-refractivity contribution in [2.75, 3.05) is 7.11 Å². The fourth-order valence-electron chi connectivity index (χ4n) is 3.91. The Labute approximate surface area is 152 Å². The number of methoxy groups -OCH3 is 1. The van der Waals surface area contributed by atoms with Crippen molar-refractivity contribution in [1.29, 1.82) is 0 Å². The lowest BCUT2D eigenvalue weighted by Gasteiger charge is -2.41. The van der Waals surface area contributed by atoms with Gasteiger partial charge in [0.25, 0.3) is 0 Å². The molecule has 1 aromatic carbocycles. The Morgan fingerprint density at radius 2 is 2.04 bits per heavy atom. The number of ketones is 1. The molecule has 3 rings (SSSR count). The summed E-state index contributed by atoms with van der Waals surface area (Å²) in [7, 11) is 1.36. The zero-order chi connectivity index (χ0) is 18.4. The van der Waals surface area contributed by atoms with Crippen LogP contribution in [-0.4, -0.2) is 18.9 Å². The summed E-state index contributed by atoms with van der Waals surface area (Å²) in [6, 6.07) is 7.34. The molecule has 1 aromatic rings. The quantitative estimate of drug-likeness (QED) is 0.812. The zero-order valence-electron chi connectivity index (χ0n) is 14.9. The number of ether oxygens (including phenoxy) is 1. The Morgan fingerprint density at radius 1 is 1.32 bits per heavy atom. The van der Waals surface area contributed by atoms with Gasteiger partial charge in [0.1, 0.15) is 5.78 Å². The van der Waals surface area contributed by atoms with Crippen molar-refractivity contribution < 1.29 is 14.3 Å². The molecule has 0 saturated carbocycles. The van der Waals surface area contributed by atoms with Crippen LogP contribution in [0.3, 0.4) is 0 Å². The minimum atomic E-state index is -0.427. The molecule has 25 heavy (non-hydrogen) atoms. The van der Waals surface area contributed by atoms with Crippen LogP contribution >= 0.6 is 11.6 Å². The summed E-state index contributed by atoms with van der Waals surface area (Å²) in [5, 5.41) is 3.85. The lowest BCUT2D eigenvalue weighted by atomic mass is 9.66. The molecule has 0 saturated heterocycles. The maximum atomic E-state index is 13.0. The number of fused-ring (bicyclic) bond motifs is 1. The number of esters is 1. The summed E-state index contributed by atoms with van der Waals surface area (Å²) >= 11 is 6.17. The molecule has 1 heterocycles. The Hall–Kier alpha value is -2.07. The molecular weight excluding hydrogens is 338 g/mol. The van der Waals surface area contributed by atoms with E-state index in [-0.39, 0.29) is 11.2 Å². The highest BCUT2D eigenvalue weighted by Crippen LogP contribution is 2.47. The Balaban J connectivity index is 2.22. The number of rotatable bonds is 2. The second-order valence-electron chi connectivity index (χ2n) is 7.40. The van der Waals surface area contributed by atoms with Gasteiger partial charge >= 0.3 is 5.97 Å². The highest BCUT2D eigenvalue weighted by atomic mass is 35.5. The van der Waals surface area contributed by atoms with E-state index in [0.717, 1.165) is 11.3 Å². The van der Waals surface area contributed by atoms with Gasteiger partial charge in [0.2, 0.25) is 0 Å².